The number of nitrogens with zero attached hydrogens (tertiary/aromatic N) is 2. The summed E-state index contributed by atoms with van der Waals surface area (Å²) in [5, 5.41) is 3.32. The SMILES string of the molecule is CCNCc1cc(OC)c(OC)cc1-c1cnccn1. The molecular weight excluding hydrogens is 254 g/mol. The van der Waals surface area contributed by atoms with Crippen molar-refractivity contribution in [3.05, 3.63) is 36.3 Å². The molecule has 0 spiro atoms. The Kier molecular flexibility index (Phi) is 4.90. The number of hydrogen-bond donors (Lipinski definition) is 1. The fourth-order valence-corrected chi connectivity index (χ4v) is 2.00. The smallest absolute Gasteiger partial charge is 0.161 e. The predicted octanol–water partition coefficient (Wildman–Crippen LogP) is 2.27. The monoisotopic (exact) mass is 273 g/mol. The summed E-state index contributed by atoms with van der Waals surface area (Å²) >= 11 is 0. The van der Waals surface area contributed by atoms with Gasteiger partial charge in [0.05, 0.1) is 26.1 Å². The number of methoxy groups -OCH3 is 2. The zero-order valence-corrected chi connectivity index (χ0v) is 12.0. The second-order valence-electron chi connectivity index (χ2n) is 4.24. The first-order valence-corrected chi connectivity index (χ1v) is 6.52. The molecule has 0 aliphatic carbocycles. The van der Waals surface area contributed by atoms with Crippen LogP contribution in [0.1, 0.15) is 12.5 Å². The third-order valence-electron chi connectivity index (χ3n) is 3.01. The highest BCUT2D eigenvalue weighted by Crippen LogP contribution is 2.34. The Hall–Kier alpha value is -2.14. The van der Waals surface area contributed by atoms with Crippen LogP contribution in [0, 0.1) is 0 Å². The van der Waals surface area contributed by atoms with Crippen molar-refractivity contribution in [3.8, 4) is 22.8 Å². The fraction of sp³-hybridized carbons (Fsp3) is 0.333. The van der Waals surface area contributed by atoms with Gasteiger partial charge in [0.25, 0.3) is 0 Å². The van der Waals surface area contributed by atoms with Gasteiger partial charge in [0, 0.05) is 24.5 Å². The van der Waals surface area contributed by atoms with Gasteiger partial charge >= 0.3 is 0 Å². The van der Waals surface area contributed by atoms with E-state index >= 15 is 0 Å². The second kappa shape index (κ2) is 6.86. The van der Waals surface area contributed by atoms with E-state index in [1.165, 1.54) is 0 Å². The number of ether oxygens (including phenoxy) is 2. The van der Waals surface area contributed by atoms with Gasteiger partial charge in [-0.3, -0.25) is 9.97 Å². The standard InChI is InChI=1S/C15H19N3O2/c1-4-16-9-11-7-14(19-2)15(20-3)8-12(11)13-10-17-5-6-18-13/h5-8,10,16H,4,9H2,1-3H3. The van der Waals surface area contributed by atoms with Crippen molar-refractivity contribution in [1.82, 2.24) is 15.3 Å². The zero-order chi connectivity index (χ0) is 14.4. The molecular formula is C15H19N3O2. The summed E-state index contributed by atoms with van der Waals surface area (Å²) in [5.74, 6) is 1.40. The maximum Gasteiger partial charge on any atom is 0.161 e. The van der Waals surface area contributed by atoms with Crippen LogP contribution in [0.25, 0.3) is 11.3 Å². The minimum absolute atomic E-state index is 0.688. The van der Waals surface area contributed by atoms with Gasteiger partial charge < -0.3 is 14.8 Å². The van der Waals surface area contributed by atoms with Gasteiger partial charge in [-0.1, -0.05) is 6.92 Å². The molecule has 20 heavy (non-hydrogen) atoms. The molecule has 106 valence electrons. The summed E-state index contributed by atoms with van der Waals surface area (Å²) in [6.07, 6.45) is 5.09. The summed E-state index contributed by atoms with van der Waals surface area (Å²) in [6, 6.07) is 3.92. The number of nitrogens with one attached hydrogen (secondary N) is 1. The van der Waals surface area contributed by atoms with Gasteiger partial charge in [-0.05, 0) is 24.2 Å². The van der Waals surface area contributed by atoms with Crippen LogP contribution in [-0.2, 0) is 6.54 Å². The fourth-order valence-electron chi connectivity index (χ4n) is 2.00. The van der Waals surface area contributed by atoms with Crippen LogP contribution in [0.3, 0.4) is 0 Å². The molecule has 0 bridgehead atoms. The van der Waals surface area contributed by atoms with Gasteiger partial charge in [-0.2, -0.15) is 0 Å². The minimum atomic E-state index is 0.688. The highest BCUT2D eigenvalue weighted by atomic mass is 16.5. The van der Waals surface area contributed by atoms with E-state index in [1.54, 1.807) is 32.8 Å². The number of aromatic nitrogens is 2. The van der Waals surface area contributed by atoms with Crippen molar-refractivity contribution in [1.29, 1.82) is 0 Å². The van der Waals surface area contributed by atoms with E-state index in [0.717, 1.165) is 29.9 Å². The van der Waals surface area contributed by atoms with Gasteiger partial charge in [0.2, 0.25) is 0 Å². The van der Waals surface area contributed by atoms with E-state index < -0.39 is 0 Å². The molecule has 0 amide bonds. The molecule has 0 aliphatic rings. The Bertz CT molecular complexity index is 559. The first-order chi connectivity index (χ1) is 9.80. The molecule has 0 saturated heterocycles. The lowest BCUT2D eigenvalue weighted by Crippen LogP contribution is -2.13. The summed E-state index contributed by atoms with van der Waals surface area (Å²) in [5.41, 5.74) is 2.92. The molecule has 2 rings (SSSR count). The van der Waals surface area contributed by atoms with E-state index in [9.17, 15) is 0 Å². The Morgan fingerprint density at radius 2 is 1.85 bits per heavy atom. The molecule has 0 radical (unpaired) electrons. The molecule has 5 heteroatoms. The van der Waals surface area contributed by atoms with Crippen molar-refractivity contribution in [2.45, 2.75) is 13.5 Å². The van der Waals surface area contributed by atoms with Gasteiger partial charge in [-0.15, -0.1) is 0 Å². The molecule has 0 fully saturated rings. The first-order valence-electron chi connectivity index (χ1n) is 6.52. The summed E-state index contributed by atoms with van der Waals surface area (Å²) in [4.78, 5) is 8.49. The van der Waals surface area contributed by atoms with Crippen LogP contribution in [0.15, 0.2) is 30.7 Å². The minimum Gasteiger partial charge on any atom is -0.493 e. The van der Waals surface area contributed by atoms with Crippen molar-refractivity contribution in [2.24, 2.45) is 0 Å². The zero-order valence-electron chi connectivity index (χ0n) is 12.0. The maximum absolute atomic E-state index is 5.36. The topological polar surface area (TPSA) is 56.3 Å². The Labute approximate surface area is 119 Å². The van der Waals surface area contributed by atoms with Crippen LogP contribution in [0.5, 0.6) is 11.5 Å². The third kappa shape index (κ3) is 3.05. The largest absolute Gasteiger partial charge is 0.493 e. The maximum atomic E-state index is 5.36. The van der Waals surface area contributed by atoms with E-state index in [4.69, 9.17) is 9.47 Å². The summed E-state index contributed by atoms with van der Waals surface area (Å²) in [6.45, 7) is 3.71. The third-order valence-corrected chi connectivity index (χ3v) is 3.01. The molecule has 2 aromatic rings. The van der Waals surface area contributed by atoms with E-state index in [0.29, 0.717) is 11.5 Å². The molecule has 1 aromatic heterocycles. The predicted molar refractivity (Wildman–Crippen MR) is 78.0 cm³/mol. The normalized spacial score (nSPS) is 10.3. The average Bonchev–Trinajstić information content (AvgIpc) is 2.52. The number of rotatable bonds is 6. The lowest BCUT2D eigenvalue weighted by atomic mass is 10.0. The molecule has 0 saturated carbocycles. The highest BCUT2D eigenvalue weighted by molar-refractivity contribution is 5.67. The van der Waals surface area contributed by atoms with Crippen molar-refractivity contribution >= 4 is 0 Å². The number of benzene rings is 1. The van der Waals surface area contributed by atoms with E-state index in [1.807, 2.05) is 12.1 Å². The molecule has 1 N–H and O–H groups in total. The van der Waals surface area contributed by atoms with Crippen molar-refractivity contribution in [2.75, 3.05) is 20.8 Å². The highest BCUT2D eigenvalue weighted by Gasteiger charge is 2.13. The van der Waals surface area contributed by atoms with Crippen LogP contribution < -0.4 is 14.8 Å². The lowest BCUT2D eigenvalue weighted by Gasteiger charge is -2.14. The first kappa shape index (κ1) is 14.3. The Morgan fingerprint density at radius 3 is 2.45 bits per heavy atom. The quantitative estimate of drug-likeness (QED) is 0.875. The van der Waals surface area contributed by atoms with E-state index in [-0.39, 0.29) is 0 Å². The molecule has 1 aromatic carbocycles. The molecule has 0 aliphatic heterocycles. The summed E-state index contributed by atoms with van der Waals surface area (Å²) < 4.78 is 10.7. The molecule has 0 atom stereocenters. The van der Waals surface area contributed by atoms with Gasteiger partial charge in [0.1, 0.15) is 0 Å². The average molecular weight is 273 g/mol. The van der Waals surface area contributed by atoms with Crippen LogP contribution in [0.4, 0.5) is 0 Å². The van der Waals surface area contributed by atoms with Gasteiger partial charge in [0.15, 0.2) is 11.5 Å². The Morgan fingerprint density at radius 1 is 1.10 bits per heavy atom. The molecule has 1 heterocycles. The molecule has 0 unspecified atom stereocenters. The van der Waals surface area contributed by atoms with E-state index in [2.05, 4.69) is 22.2 Å². The summed E-state index contributed by atoms with van der Waals surface area (Å²) in [7, 11) is 3.26. The second-order valence-corrected chi connectivity index (χ2v) is 4.24. The van der Waals surface area contributed by atoms with Gasteiger partial charge in [-0.25, -0.2) is 0 Å². The van der Waals surface area contributed by atoms with Crippen molar-refractivity contribution < 1.29 is 9.47 Å². The lowest BCUT2D eigenvalue weighted by molar-refractivity contribution is 0.354. The van der Waals surface area contributed by atoms with Crippen LogP contribution >= 0.6 is 0 Å². The number of hydrogen-bond acceptors (Lipinski definition) is 5. The van der Waals surface area contributed by atoms with Crippen molar-refractivity contribution in [3.63, 3.8) is 0 Å². The van der Waals surface area contributed by atoms with Crippen LogP contribution in [-0.4, -0.2) is 30.7 Å². The van der Waals surface area contributed by atoms with Crippen LogP contribution in [0.2, 0.25) is 0 Å². The Balaban J connectivity index is 2.51. The molecule has 5 nitrogen and oxygen atoms in total.